The summed E-state index contributed by atoms with van der Waals surface area (Å²) in [7, 11) is 0. The largest absolute Gasteiger partial charge is 0.335 e. The van der Waals surface area contributed by atoms with E-state index in [2.05, 4.69) is 21.3 Å². The lowest BCUT2D eigenvalue weighted by molar-refractivity contribution is 0.228. The molecule has 0 aromatic carbocycles. The van der Waals surface area contributed by atoms with Crippen LogP contribution in [0.15, 0.2) is 0 Å². The van der Waals surface area contributed by atoms with Gasteiger partial charge in [0.15, 0.2) is 0 Å². The Hall–Kier alpha value is -0.810. The summed E-state index contributed by atoms with van der Waals surface area (Å²) in [5, 5.41) is 12.5. The molecule has 0 spiro atoms. The van der Waals surface area contributed by atoms with Crippen LogP contribution in [0.3, 0.4) is 0 Å². The summed E-state index contributed by atoms with van der Waals surface area (Å²) in [5.41, 5.74) is 0. The highest BCUT2D eigenvalue weighted by Crippen LogP contribution is 2.03. The van der Waals surface area contributed by atoms with Gasteiger partial charge < -0.3 is 16.0 Å². The van der Waals surface area contributed by atoms with Crippen molar-refractivity contribution in [3.05, 3.63) is 0 Å². The summed E-state index contributed by atoms with van der Waals surface area (Å²) >= 11 is 0. The van der Waals surface area contributed by atoms with Crippen LogP contribution in [0.1, 0.15) is 25.7 Å². The second-order valence-electron chi connectivity index (χ2n) is 4.29. The van der Waals surface area contributed by atoms with Crippen molar-refractivity contribution >= 4 is 6.03 Å². The average Bonchev–Trinajstić information content (AvgIpc) is 2.71. The molecule has 1 atom stereocenters. The van der Waals surface area contributed by atoms with Gasteiger partial charge in [-0.15, -0.1) is 0 Å². The Balaban J connectivity index is 1.66. The molecule has 0 aromatic rings. The van der Waals surface area contributed by atoms with E-state index in [4.69, 9.17) is 0 Å². The molecule has 15 heavy (non-hydrogen) atoms. The van der Waals surface area contributed by atoms with Gasteiger partial charge in [0.25, 0.3) is 0 Å². The normalized spacial score (nSPS) is 27.6. The smallest absolute Gasteiger partial charge is 0.316 e. The van der Waals surface area contributed by atoms with Crippen LogP contribution in [-0.2, 0) is 0 Å². The minimum absolute atomic E-state index is 0.0266. The molecule has 0 aromatic heterocycles. The highest BCUT2D eigenvalue weighted by molar-refractivity contribution is 5.74. The summed E-state index contributed by atoms with van der Waals surface area (Å²) in [4.78, 5) is 11.6. The van der Waals surface area contributed by atoms with Gasteiger partial charge in [0.1, 0.15) is 0 Å². The lowest BCUT2D eigenvalue weighted by atomic mass is 10.1. The maximum Gasteiger partial charge on any atom is 0.316 e. The zero-order valence-electron chi connectivity index (χ0n) is 9.01. The molecule has 86 valence electrons. The molecule has 2 aliphatic rings. The number of nitrogens with one attached hydrogen (secondary N) is 4. The standard InChI is InChI=1S/C10H20N4O/c15-10(14-9-2-1-5-12-9)13-8-3-6-11-7-4-8/h8-9,11-12H,1-7H2,(H2,13,14,15). The van der Waals surface area contributed by atoms with Crippen LogP contribution in [-0.4, -0.2) is 37.9 Å². The Labute approximate surface area is 90.4 Å². The van der Waals surface area contributed by atoms with E-state index >= 15 is 0 Å². The molecule has 2 saturated heterocycles. The van der Waals surface area contributed by atoms with E-state index < -0.39 is 0 Å². The van der Waals surface area contributed by atoms with Crippen molar-refractivity contribution in [2.75, 3.05) is 19.6 Å². The summed E-state index contributed by atoms with van der Waals surface area (Å²) in [6.07, 6.45) is 4.43. The van der Waals surface area contributed by atoms with Crippen molar-refractivity contribution in [1.29, 1.82) is 0 Å². The molecule has 2 amide bonds. The lowest BCUT2D eigenvalue weighted by Gasteiger charge is -2.24. The lowest BCUT2D eigenvalue weighted by Crippen LogP contribution is -2.51. The monoisotopic (exact) mass is 212 g/mol. The number of hydrogen-bond donors (Lipinski definition) is 4. The highest BCUT2D eigenvalue weighted by Gasteiger charge is 2.19. The van der Waals surface area contributed by atoms with Crippen molar-refractivity contribution in [3.63, 3.8) is 0 Å². The first-order chi connectivity index (χ1) is 7.34. The second kappa shape index (κ2) is 5.32. The van der Waals surface area contributed by atoms with Gasteiger partial charge in [-0.05, 0) is 45.3 Å². The zero-order valence-corrected chi connectivity index (χ0v) is 9.01. The molecule has 2 rings (SSSR count). The second-order valence-corrected chi connectivity index (χ2v) is 4.29. The number of piperidine rings is 1. The number of urea groups is 1. The molecule has 5 heteroatoms. The topological polar surface area (TPSA) is 65.2 Å². The first-order valence-electron chi connectivity index (χ1n) is 5.86. The van der Waals surface area contributed by atoms with Gasteiger partial charge in [-0.25, -0.2) is 4.79 Å². The minimum atomic E-state index is -0.0266. The predicted molar refractivity (Wildman–Crippen MR) is 58.6 cm³/mol. The third-order valence-corrected chi connectivity index (χ3v) is 3.04. The van der Waals surface area contributed by atoms with Crippen molar-refractivity contribution in [3.8, 4) is 0 Å². The van der Waals surface area contributed by atoms with Gasteiger partial charge in [-0.2, -0.15) is 0 Å². The van der Waals surface area contributed by atoms with Gasteiger partial charge in [0.05, 0.1) is 6.17 Å². The molecule has 0 saturated carbocycles. The third-order valence-electron chi connectivity index (χ3n) is 3.04. The Bertz CT molecular complexity index is 209. The Morgan fingerprint density at radius 2 is 1.87 bits per heavy atom. The maximum absolute atomic E-state index is 11.6. The van der Waals surface area contributed by atoms with Crippen molar-refractivity contribution < 1.29 is 4.79 Å². The molecule has 0 aliphatic carbocycles. The Kier molecular flexibility index (Phi) is 3.80. The van der Waals surface area contributed by atoms with Crippen LogP contribution in [0.25, 0.3) is 0 Å². The van der Waals surface area contributed by atoms with Crippen LogP contribution < -0.4 is 21.3 Å². The number of carbonyl (C=O) groups excluding carboxylic acids is 1. The van der Waals surface area contributed by atoms with Crippen LogP contribution in [0, 0.1) is 0 Å². The van der Waals surface area contributed by atoms with E-state index in [-0.39, 0.29) is 12.2 Å². The van der Waals surface area contributed by atoms with Gasteiger partial charge in [0, 0.05) is 6.04 Å². The van der Waals surface area contributed by atoms with Crippen LogP contribution in [0.2, 0.25) is 0 Å². The SMILES string of the molecule is O=C(NC1CCNCC1)NC1CCCN1. The summed E-state index contributed by atoms with van der Waals surface area (Å²) in [5.74, 6) is 0. The molecule has 0 radical (unpaired) electrons. The van der Waals surface area contributed by atoms with Crippen molar-refractivity contribution in [2.24, 2.45) is 0 Å². The molecule has 4 N–H and O–H groups in total. The number of carbonyl (C=O) groups is 1. The molecular formula is C10H20N4O. The molecular weight excluding hydrogens is 192 g/mol. The van der Waals surface area contributed by atoms with E-state index in [1.165, 1.54) is 0 Å². The van der Waals surface area contributed by atoms with Gasteiger partial charge in [0.2, 0.25) is 0 Å². The fourth-order valence-electron chi connectivity index (χ4n) is 2.16. The fraction of sp³-hybridized carbons (Fsp3) is 0.900. The summed E-state index contributed by atoms with van der Waals surface area (Å²) in [6, 6.07) is 0.314. The summed E-state index contributed by atoms with van der Waals surface area (Å²) in [6.45, 7) is 3.03. The number of hydrogen-bond acceptors (Lipinski definition) is 3. The molecule has 0 bridgehead atoms. The van der Waals surface area contributed by atoms with Gasteiger partial charge in [-0.1, -0.05) is 0 Å². The van der Waals surface area contributed by atoms with Gasteiger partial charge >= 0.3 is 6.03 Å². The van der Waals surface area contributed by atoms with E-state index in [1.807, 2.05) is 0 Å². The maximum atomic E-state index is 11.6. The molecule has 1 unspecified atom stereocenters. The van der Waals surface area contributed by atoms with E-state index in [9.17, 15) is 4.79 Å². The Morgan fingerprint density at radius 3 is 2.53 bits per heavy atom. The van der Waals surface area contributed by atoms with Crippen LogP contribution in [0.4, 0.5) is 4.79 Å². The first-order valence-corrected chi connectivity index (χ1v) is 5.86. The van der Waals surface area contributed by atoms with Crippen LogP contribution in [0.5, 0.6) is 0 Å². The number of rotatable bonds is 2. The van der Waals surface area contributed by atoms with E-state index in [1.54, 1.807) is 0 Å². The predicted octanol–water partition coefficient (Wildman–Crippen LogP) is -0.253. The fourth-order valence-corrected chi connectivity index (χ4v) is 2.16. The number of amides is 2. The van der Waals surface area contributed by atoms with E-state index in [0.717, 1.165) is 45.3 Å². The van der Waals surface area contributed by atoms with Crippen molar-refractivity contribution in [2.45, 2.75) is 37.9 Å². The van der Waals surface area contributed by atoms with Crippen LogP contribution >= 0.6 is 0 Å². The average molecular weight is 212 g/mol. The first kappa shape index (κ1) is 10.7. The van der Waals surface area contributed by atoms with E-state index in [0.29, 0.717) is 6.04 Å². The minimum Gasteiger partial charge on any atom is -0.335 e. The third kappa shape index (κ3) is 3.35. The molecule has 2 aliphatic heterocycles. The molecule has 2 fully saturated rings. The molecule has 5 nitrogen and oxygen atoms in total. The quantitative estimate of drug-likeness (QED) is 0.510. The Morgan fingerprint density at radius 1 is 1.07 bits per heavy atom. The zero-order chi connectivity index (χ0) is 10.5. The highest BCUT2D eigenvalue weighted by atomic mass is 16.2. The molecule has 2 heterocycles. The van der Waals surface area contributed by atoms with Crippen molar-refractivity contribution in [1.82, 2.24) is 21.3 Å². The summed E-state index contributed by atoms with van der Waals surface area (Å²) < 4.78 is 0. The van der Waals surface area contributed by atoms with Gasteiger partial charge in [-0.3, -0.25) is 5.32 Å².